The van der Waals surface area contributed by atoms with Crippen LogP contribution in [0.2, 0.25) is 0 Å². The molecule has 2 aromatic carbocycles. The fraction of sp³-hybridized carbons (Fsp3) is 0.333. The molecule has 1 fully saturated rings. The number of hydrogen-bond donors (Lipinski definition) is 1. The minimum absolute atomic E-state index is 0.00157. The van der Waals surface area contributed by atoms with Crippen LogP contribution in [0.1, 0.15) is 21.5 Å². The van der Waals surface area contributed by atoms with Crippen LogP contribution in [0.15, 0.2) is 47.4 Å². The van der Waals surface area contributed by atoms with Crippen molar-refractivity contribution >= 4 is 27.6 Å². The standard InChI is InChI=1S/C21H21F3N2O6S/c1-14-6-7-15(12-18(14)33(29,30)26-8-10-31-11-9-26)25-19(27)13-32-20(28)16-4-2-3-5-17(16)21(22,23)24/h2-7,12H,8-11,13H2,1H3,(H,25,27). The maximum atomic E-state index is 13.0. The third kappa shape index (κ3) is 5.89. The third-order valence-corrected chi connectivity index (χ3v) is 6.89. The van der Waals surface area contributed by atoms with Gasteiger partial charge in [-0.2, -0.15) is 17.5 Å². The number of sulfonamides is 1. The number of carbonyl (C=O) groups is 2. The first kappa shape index (κ1) is 24.7. The number of amides is 1. The lowest BCUT2D eigenvalue weighted by molar-refractivity contribution is -0.138. The second kappa shape index (κ2) is 9.89. The van der Waals surface area contributed by atoms with Crippen molar-refractivity contribution in [1.82, 2.24) is 4.31 Å². The highest BCUT2D eigenvalue weighted by Crippen LogP contribution is 2.32. The Bertz CT molecular complexity index is 1140. The van der Waals surface area contributed by atoms with Crippen LogP contribution in [-0.4, -0.2) is 57.5 Å². The molecule has 0 bridgehead atoms. The second-order valence-corrected chi connectivity index (χ2v) is 9.07. The monoisotopic (exact) mass is 486 g/mol. The van der Waals surface area contributed by atoms with Crippen LogP contribution in [0.4, 0.5) is 18.9 Å². The van der Waals surface area contributed by atoms with Crippen LogP contribution in [0.3, 0.4) is 0 Å². The number of aryl methyl sites for hydroxylation is 1. The van der Waals surface area contributed by atoms with Gasteiger partial charge in [-0.3, -0.25) is 4.79 Å². The van der Waals surface area contributed by atoms with Gasteiger partial charge >= 0.3 is 12.1 Å². The van der Waals surface area contributed by atoms with Crippen molar-refractivity contribution in [3.05, 3.63) is 59.2 Å². The van der Waals surface area contributed by atoms with E-state index in [1.165, 1.54) is 28.6 Å². The zero-order valence-electron chi connectivity index (χ0n) is 17.5. The van der Waals surface area contributed by atoms with Crippen LogP contribution in [0.25, 0.3) is 0 Å². The number of esters is 1. The largest absolute Gasteiger partial charge is 0.452 e. The molecular weight excluding hydrogens is 465 g/mol. The van der Waals surface area contributed by atoms with Crippen LogP contribution in [0.5, 0.6) is 0 Å². The topological polar surface area (TPSA) is 102 Å². The van der Waals surface area contributed by atoms with Crippen molar-refractivity contribution in [2.75, 3.05) is 38.2 Å². The Morgan fingerprint density at radius 1 is 1.12 bits per heavy atom. The van der Waals surface area contributed by atoms with Crippen LogP contribution < -0.4 is 5.32 Å². The van der Waals surface area contributed by atoms with Gasteiger partial charge in [-0.05, 0) is 36.8 Å². The van der Waals surface area contributed by atoms with E-state index in [-0.39, 0.29) is 36.9 Å². The van der Waals surface area contributed by atoms with Crippen molar-refractivity contribution in [2.24, 2.45) is 0 Å². The number of anilines is 1. The summed E-state index contributed by atoms with van der Waals surface area (Å²) >= 11 is 0. The molecule has 3 rings (SSSR count). The number of nitrogens with one attached hydrogen (secondary N) is 1. The highest BCUT2D eigenvalue weighted by molar-refractivity contribution is 7.89. The molecule has 8 nitrogen and oxygen atoms in total. The lowest BCUT2D eigenvalue weighted by Gasteiger charge is -2.26. The van der Waals surface area contributed by atoms with Crippen molar-refractivity contribution < 1.29 is 40.7 Å². The zero-order valence-corrected chi connectivity index (χ0v) is 18.3. The van der Waals surface area contributed by atoms with Crippen molar-refractivity contribution in [3.63, 3.8) is 0 Å². The summed E-state index contributed by atoms with van der Waals surface area (Å²) in [6, 6.07) is 8.31. The molecule has 0 unspecified atom stereocenters. The summed E-state index contributed by atoms with van der Waals surface area (Å²) in [7, 11) is -3.82. The summed E-state index contributed by atoms with van der Waals surface area (Å²) in [6.07, 6.45) is -4.76. The number of hydrogen-bond acceptors (Lipinski definition) is 6. The molecule has 12 heteroatoms. The number of rotatable bonds is 6. The van der Waals surface area contributed by atoms with Gasteiger partial charge in [0.25, 0.3) is 5.91 Å². The summed E-state index contributed by atoms with van der Waals surface area (Å²) in [6.45, 7) is 1.71. The summed E-state index contributed by atoms with van der Waals surface area (Å²) in [4.78, 5) is 24.3. The lowest BCUT2D eigenvalue weighted by Crippen LogP contribution is -2.40. The van der Waals surface area contributed by atoms with Crippen LogP contribution in [-0.2, 0) is 30.5 Å². The van der Waals surface area contributed by atoms with E-state index in [1.54, 1.807) is 6.92 Å². The summed E-state index contributed by atoms with van der Waals surface area (Å²) in [5, 5.41) is 2.39. The van der Waals surface area contributed by atoms with Crippen molar-refractivity contribution in [3.8, 4) is 0 Å². The molecule has 0 aromatic heterocycles. The average molecular weight is 486 g/mol. The third-order valence-electron chi connectivity index (χ3n) is 4.85. The fourth-order valence-corrected chi connectivity index (χ4v) is 4.85. The molecule has 178 valence electrons. The van der Waals surface area contributed by atoms with E-state index in [4.69, 9.17) is 9.47 Å². The molecule has 1 amide bonds. The Hall–Kier alpha value is -2.96. The van der Waals surface area contributed by atoms with Gasteiger partial charge in [-0.1, -0.05) is 18.2 Å². The van der Waals surface area contributed by atoms with E-state index in [0.717, 1.165) is 18.2 Å². The maximum absolute atomic E-state index is 13.0. The first-order chi connectivity index (χ1) is 15.5. The lowest BCUT2D eigenvalue weighted by atomic mass is 10.1. The van der Waals surface area contributed by atoms with Crippen LogP contribution >= 0.6 is 0 Å². The van der Waals surface area contributed by atoms with Gasteiger partial charge in [0.05, 0.1) is 29.2 Å². The molecule has 1 heterocycles. The average Bonchev–Trinajstić information content (AvgIpc) is 2.78. The smallest absolute Gasteiger partial charge is 0.417 e. The van der Waals surface area contributed by atoms with Gasteiger partial charge < -0.3 is 14.8 Å². The van der Waals surface area contributed by atoms with E-state index < -0.39 is 45.8 Å². The first-order valence-corrected chi connectivity index (χ1v) is 11.3. The Labute approximate surface area is 188 Å². The number of halogens is 3. The Balaban J connectivity index is 1.68. The number of alkyl halides is 3. The predicted octanol–water partition coefficient (Wildman–Crippen LogP) is 2.83. The highest BCUT2D eigenvalue weighted by Gasteiger charge is 2.35. The Morgan fingerprint density at radius 2 is 1.79 bits per heavy atom. The molecule has 1 aliphatic heterocycles. The fourth-order valence-electron chi connectivity index (χ4n) is 3.20. The van der Waals surface area contributed by atoms with E-state index >= 15 is 0 Å². The SMILES string of the molecule is Cc1ccc(NC(=O)COC(=O)c2ccccc2C(F)(F)F)cc1S(=O)(=O)N1CCOCC1. The number of morpholine rings is 1. The molecule has 0 radical (unpaired) electrons. The minimum Gasteiger partial charge on any atom is -0.452 e. The molecular formula is C21H21F3N2O6S. The van der Waals surface area contributed by atoms with Gasteiger partial charge in [0.1, 0.15) is 0 Å². The van der Waals surface area contributed by atoms with E-state index in [0.29, 0.717) is 5.56 Å². The molecule has 0 atom stereocenters. The molecule has 0 aliphatic carbocycles. The molecule has 1 saturated heterocycles. The quantitative estimate of drug-likeness (QED) is 0.630. The number of ether oxygens (including phenoxy) is 2. The van der Waals surface area contributed by atoms with Gasteiger partial charge in [-0.15, -0.1) is 0 Å². The molecule has 0 saturated carbocycles. The first-order valence-electron chi connectivity index (χ1n) is 9.82. The van der Waals surface area contributed by atoms with E-state index in [2.05, 4.69) is 5.32 Å². The van der Waals surface area contributed by atoms with Crippen molar-refractivity contribution in [1.29, 1.82) is 0 Å². The Kier molecular flexibility index (Phi) is 7.40. The van der Waals surface area contributed by atoms with Gasteiger partial charge in [-0.25, -0.2) is 13.2 Å². The zero-order chi connectivity index (χ0) is 24.2. The molecule has 0 spiro atoms. The van der Waals surface area contributed by atoms with Gasteiger partial charge in [0, 0.05) is 18.8 Å². The minimum atomic E-state index is -4.76. The summed E-state index contributed by atoms with van der Waals surface area (Å²) in [5.41, 5.74) is -1.29. The number of benzene rings is 2. The van der Waals surface area contributed by atoms with Crippen LogP contribution in [0, 0.1) is 6.92 Å². The number of nitrogens with zero attached hydrogens (tertiary/aromatic N) is 1. The second-order valence-electron chi connectivity index (χ2n) is 7.16. The predicted molar refractivity (Wildman–Crippen MR) is 111 cm³/mol. The highest BCUT2D eigenvalue weighted by atomic mass is 32.2. The van der Waals surface area contributed by atoms with Crippen molar-refractivity contribution in [2.45, 2.75) is 18.0 Å². The van der Waals surface area contributed by atoms with Gasteiger partial charge in [0.15, 0.2) is 6.61 Å². The molecule has 1 N–H and O–H groups in total. The van der Waals surface area contributed by atoms with E-state index in [9.17, 15) is 31.2 Å². The van der Waals surface area contributed by atoms with Gasteiger partial charge in [0.2, 0.25) is 10.0 Å². The molecule has 2 aromatic rings. The maximum Gasteiger partial charge on any atom is 0.417 e. The summed E-state index contributed by atoms with van der Waals surface area (Å²) < 4.78 is 76.2. The normalized spacial score (nSPS) is 15.2. The molecule has 1 aliphatic rings. The van der Waals surface area contributed by atoms with E-state index in [1.807, 2.05) is 0 Å². The Morgan fingerprint density at radius 3 is 2.45 bits per heavy atom. The number of carbonyl (C=O) groups excluding carboxylic acids is 2. The summed E-state index contributed by atoms with van der Waals surface area (Å²) in [5.74, 6) is -2.15. The molecule has 33 heavy (non-hydrogen) atoms.